The largest absolute Gasteiger partial charge is 0.444 e. The first-order valence-corrected chi connectivity index (χ1v) is 6.89. The van der Waals surface area contributed by atoms with E-state index in [-0.39, 0.29) is 6.61 Å². The zero-order valence-electron chi connectivity index (χ0n) is 12.5. The SMILES string of the molecule is CC(C)(C)OC(=O)N[C@H](CO)Cc1c[nH]c2ccncc12. The van der Waals surface area contributed by atoms with Crippen molar-refractivity contribution in [3.05, 3.63) is 30.2 Å². The molecular weight excluding hydrogens is 270 g/mol. The molecule has 21 heavy (non-hydrogen) atoms. The lowest BCUT2D eigenvalue weighted by Gasteiger charge is -2.22. The van der Waals surface area contributed by atoms with Gasteiger partial charge in [0.2, 0.25) is 0 Å². The third-order valence-corrected chi connectivity index (χ3v) is 2.98. The Morgan fingerprint density at radius 2 is 2.29 bits per heavy atom. The molecule has 0 aliphatic carbocycles. The Balaban J connectivity index is 2.04. The van der Waals surface area contributed by atoms with Crippen LogP contribution in [0.3, 0.4) is 0 Å². The van der Waals surface area contributed by atoms with Crippen LogP contribution in [-0.4, -0.2) is 39.4 Å². The second kappa shape index (κ2) is 6.13. The van der Waals surface area contributed by atoms with Crippen LogP contribution in [0.25, 0.3) is 10.9 Å². The van der Waals surface area contributed by atoms with Crippen LogP contribution in [0.15, 0.2) is 24.7 Å². The maximum atomic E-state index is 11.8. The van der Waals surface area contributed by atoms with Crippen molar-refractivity contribution >= 4 is 17.0 Å². The maximum absolute atomic E-state index is 11.8. The van der Waals surface area contributed by atoms with Gasteiger partial charge in [-0.1, -0.05) is 0 Å². The minimum Gasteiger partial charge on any atom is -0.444 e. The number of hydrogen-bond donors (Lipinski definition) is 3. The predicted molar refractivity (Wildman–Crippen MR) is 80.0 cm³/mol. The molecule has 0 fully saturated rings. The third kappa shape index (κ3) is 4.19. The molecule has 0 aromatic carbocycles. The van der Waals surface area contributed by atoms with Crippen LogP contribution in [0.4, 0.5) is 4.79 Å². The molecule has 0 saturated heterocycles. The number of fused-ring (bicyclic) bond motifs is 1. The molecule has 0 unspecified atom stereocenters. The van der Waals surface area contributed by atoms with E-state index in [0.717, 1.165) is 16.5 Å². The quantitative estimate of drug-likeness (QED) is 0.804. The van der Waals surface area contributed by atoms with Crippen LogP contribution in [0.5, 0.6) is 0 Å². The van der Waals surface area contributed by atoms with Gasteiger partial charge >= 0.3 is 6.09 Å². The molecule has 0 aliphatic heterocycles. The number of aliphatic hydroxyl groups is 1. The Kier molecular flexibility index (Phi) is 4.47. The minimum absolute atomic E-state index is 0.161. The molecule has 2 aromatic heterocycles. The number of rotatable bonds is 4. The number of hydrogen-bond acceptors (Lipinski definition) is 4. The molecule has 2 rings (SSSR count). The van der Waals surface area contributed by atoms with E-state index in [9.17, 15) is 9.90 Å². The first-order valence-electron chi connectivity index (χ1n) is 6.89. The highest BCUT2D eigenvalue weighted by molar-refractivity contribution is 5.82. The molecular formula is C15H21N3O3. The minimum atomic E-state index is -0.561. The number of aromatic amines is 1. The Hall–Kier alpha value is -2.08. The smallest absolute Gasteiger partial charge is 0.407 e. The summed E-state index contributed by atoms with van der Waals surface area (Å²) in [4.78, 5) is 19.0. The first kappa shape index (κ1) is 15.3. The van der Waals surface area contributed by atoms with E-state index in [4.69, 9.17) is 4.74 Å². The van der Waals surface area contributed by atoms with Gasteiger partial charge in [0, 0.05) is 29.5 Å². The third-order valence-electron chi connectivity index (χ3n) is 2.98. The molecule has 0 radical (unpaired) electrons. The normalized spacial score (nSPS) is 13.1. The predicted octanol–water partition coefficient (Wildman–Crippen LogP) is 1.99. The average molecular weight is 291 g/mol. The number of pyridine rings is 1. The summed E-state index contributed by atoms with van der Waals surface area (Å²) in [6, 6.07) is 1.48. The zero-order chi connectivity index (χ0) is 15.5. The summed E-state index contributed by atoms with van der Waals surface area (Å²) in [5.41, 5.74) is 1.41. The van der Waals surface area contributed by atoms with E-state index in [1.54, 1.807) is 33.2 Å². The van der Waals surface area contributed by atoms with Crippen LogP contribution in [0.1, 0.15) is 26.3 Å². The molecule has 2 aromatic rings. The van der Waals surface area contributed by atoms with Gasteiger partial charge in [-0.05, 0) is 38.8 Å². The van der Waals surface area contributed by atoms with Crippen molar-refractivity contribution in [2.24, 2.45) is 0 Å². The number of carbonyl (C=O) groups excluding carboxylic acids is 1. The van der Waals surface area contributed by atoms with Gasteiger partial charge in [-0.15, -0.1) is 0 Å². The highest BCUT2D eigenvalue weighted by Gasteiger charge is 2.20. The van der Waals surface area contributed by atoms with Gasteiger partial charge in [-0.2, -0.15) is 0 Å². The molecule has 0 aliphatic rings. The van der Waals surface area contributed by atoms with Crippen molar-refractivity contribution in [1.82, 2.24) is 15.3 Å². The molecule has 114 valence electrons. The number of aromatic nitrogens is 2. The number of ether oxygens (including phenoxy) is 1. The summed E-state index contributed by atoms with van der Waals surface area (Å²) < 4.78 is 5.20. The van der Waals surface area contributed by atoms with Gasteiger partial charge < -0.3 is 20.1 Å². The lowest BCUT2D eigenvalue weighted by atomic mass is 10.1. The Morgan fingerprint density at radius 1 is 1.52 bits per heavy atom. The summed E-state index contributed by atoms with van der Waals surface area (Å²) in [6.45, 7) is 5.23. The number of nitrogens with zero attached hydrogens (tertiary/aromatic N) is 1. The number of H-pyrrole nitrogens is 1. The van der Waals surface area contributed by atoms with Crippen LogP contribution in [0.2, 0.25) is 0 Å². The summed E-state index contributed by atoms with van der Waals surface area (Å²) in [6.07, 6.45) is 5.32. The highest BCUT2D eigenvalue weighted by Crippen LogP contribution is 2.18. The van der Waals surface area contributed by atoms with Crippen molar-refractivity contribution in [2.45, 2.75) is 38.8 Å². The van der Waals surface area contributed by atoms with Crippen molar-refractivity contribution in [1.29, 1.82) is 0 Å². The van der Waals surface area contributed by atoms with Gasteiger partial charge in [-0.25, -0.2) is 4.79 Å². The molecule has 0 bridgehead atoms. The molecule has 1 amide bonds. The number of aliphatic hydroxyl groups excluding tert-OH is 1. The van der Waals surface area contributed by atoms with E-state index in [2.05, 4.69) is 15.3 Å². The van der Waals surface area contributed by atoms with E-state index >= 15 is 0 Å². The monoisotopic (exact) mass is 291 g/mol. The van der Waals surface area contributed by atoms with Crippen molar-refractivity contribution in [2.75, 3.05) is 6.61 Å². The number of nitrogens with one attached hydrogen (secondary N) is 2. The van der Waals surface area contributed by atoms with E-state index < -0.39 is 17.7 Å². The number of carbonyl (C=O) groups is 1. The molecule has 3 N–H and O–H groups in total. The fourth-order valence-electron chi connectivity index (χ4n) is 2.09. The average Bonchev–Trinajstić information content (AvgIpc) is 2.79. The van der Waals surface area contributed by atoms with Gasteiger partial charge in [0.25, 0.3) is 0 Å². The van der Waals surface area contributed by atoms with Gasteiger partial charge in [0.15, 0.2) is 0 Å². The van der Waals surface area contributed by atoms with E-state index in [0.29, 0.717) is 6.42 Å². The van der Waals surface area contributed by atoms with Crippen molar-refractivity contribution in [3.8, 4) is 0 Å². The highest BCUT2D eigenvalue weighted by atomic mass is 16.6. The standard InChI is InChI=1S/C15H21N3O3/c1-15(2,3)21-14(20)18-11(9-19)6-10-7-17-13-4-5-16-8-12(10)13/h4-5,7-8,11,17,19H,6,9H2,1-3H3,(H,18,20)/t11-/m0/s1. The number of alkyl carbamates (subject to hydrolysis) is 1. The molecule has 0 spiro atoms. The van der Waals surface area contributed by atoms with Crippen molar-refractivity contribution in [3.63, 3.8) is 0 Å². The molecule has 6 heteroatoms. The number of amides is 1. The second-order valence-corrected chi connectivity index (χ2v) is 5.97. The van der Waals surface area contributed by atoms with Gasteiger partial charge in [0.05, 0.1) is 12.6 Å². The summed E-state index contributed by atoms with van der Waals surface area (Å²) in [5.74, 6) is 0. The van der Waals surface area contributed by atoms with Crippen LogP contribution in [0, 0.1) is 0 Å². The van der Waals surface area contributed by atoms with Crippen LogP contribution in [-0.2, 0) is 11.2 Å². The Morgan fingerprint density at radius 3 is 2.95 bits per heavy atom. The first-order chi connectivity index (χ1) is 9.89. The summed E-state index contributed by atoms with van der Waals surface area (Å²) in [7, 11) is 0. The lowest BCUT2D eigenvalue weighted by molar-refractivity contribution is 0.0483. The molecule has 0 saturated carbocycles. The van der Waals surface area contributed by atoms with E-state index in [1.807, 2.05) is 12.3 Å². The molecule has 1 atom stereocenters. The lowest BCUT2D eigenvalue weighted by Crippen LogP contribution is -2.42. The summed E-state index contributed by atoms with van der Waals surface area (Å²) in [5, 5.41) is 13.1. The zero-order valence-corrected chi connectivity index (χ0v) is 12.5. The molecule has 2 heterocycles. The summed E-state index contributed by atoms with van der Waals surface area (Å²) >= 11 is 0. The fourth-order valence-corrected chi connectivity index (χ4v) is 2.09. The van der Waals surface area contributed by atoms with Crippen molar-refractivity contribution < 1.29 is 14.6 Å². The van der Waals surface area contributed by atoms with E-state index in [1.165, 1.54) is 0 Å². The van der Waals surface area contributed by atoms with Gasteiger partial charge in [0.1, 0.15) is 5.60 Å². The van der Waals surface area contributed by atoms with Gasteiger partial charge in [-0.3, -0.25) is 4.98 Å². The maximum Gasteiger partial charge on any atom is 0.407 e. The fraction of sp³-hybridized carbons (Fsp3) is 0.467. The topological polar surface area (TPSA) is 87.2 Å². The Bertz CT molecular complexity index is 616. The van der Waals surface area contributed by atoms with Crippen LogP contribution >= 0.6 is 0 Å². The second-order valence-electron chi connectivity index (χ2n) is 5.97. The van der Waals surface area contributed by atoms with Crippen LogP contribution < -0.4 is 5.32 Å². The Labute approximate surface area is 123 Å². The molecule has 6 nitrogen and oxygen atoms in total.